The Morgan fingerprint density at radius 1 is 0.882 bits per heavy atom. The first-order valence-electron chi connectivity index (χ1n) is 18.2. The molecule has 1 atom stereocenters. The third-order valence-corrected chi connectivity index (χ3v) is 11.7. The second-order valence-electron chi connectivity index (χ2n) is 14.9. The molecule has 2 heterocycles. The van der Waals surface area contributed by atoms with Gasteiger partial charge < -0.3 is 9.47 Å². The number of ether oxygens (including phenoxy) is 2. The number of fused-ring (bicyclic) bond motifs is 6. The molecule has 0 bridgehead atoms. The van der Waals surface area contributed by atoms with E-state index in [9.17, 15) is 4.79 Å². The number of benzene rings is 4. The molecule has 0 saturated heterocycles. The van der Waals surface area contributed by atoms with Gasteiger partial charge in [-0.2, -0.15) is 17.2 Å². The molecule has 0 saturated carbocycles. The van der Waals surface area contributed by atoms with Gasteiger partial charge in [0, 0.05) is 34.7 Å². The molecular weight excluding hydrogens is 670 g/mol. The van der Waals surface area contributed by atoms with E-state index in [1.54, 1.807) is 0 Å². The highest BCUT2D eigenvalue weighted by Gasteiger charge is 2.45. The van der Waals surface area contributed by atoms with Gasteiger partial charge in [-0.25, -0.2) is 0 Å². The maximum atomic E-state index is 13.3. The van der Waals surface area contributed by atoms with Crippen molar-refractivity contribution in [3.8, 4) is 5.75 Å². The number of allylic oxidation sites excluding steroid dienone is 8. The van der Waals surface area contributed by atoms with E-state index in [2.05, 4.69) is 130 Å². The van der Waals surface area contributed by atoms with Crippen LogP contribution in [0.5, 0.6) is 5.75 Å². The van der Waals surface area contributed by atoms with E-state index in [4.69, 9.17) is 21.1 Å². The van der Waals surface area contributed by atoms with Crippen molar-refractivity contribution >= 4 is 63.1 Å². The van der Waals surface area contributed by atoms with E-state index in [0.29, 0.717) is 24.5 Å². The molecule has 0 radical (unpaired) electrons. The summed E-state index contributed by atoms with van der Waals surface area (Å²) < 4.78 is 14.5. The van der Waals surface area contributed by atoms with Crippen LogP contribution in [-0.2, 0) is 20.4 Å². The molecule has 4 nitrogen and oxygen atoms in total. The van der Waals surface area contributed by atoms with Gasteiger partial charge in [0.1, 0.15) is 18.1 Å². The molecule has 6 heteroatoms. The van der Waals surface area contributed by atoms with Gasteiger partial charge in [0.2, 0.25) is 5.69 Å². The lowest BCUT2D eigenvalue weighted by atomic mass is 9.78. The van der Waals surface area contributed by atoms with E-state index in [1.165, 1.54) is 44.1 Å². The minimum Gasteiger partial charge on any atom is -0.466 e. The number of esters is 1. The number of hydrogen-bond acceptors (Lipinski definition) is 4. The number of thiol groups is 1. The molecule has 7 rings (SSSR count). The Balaban J connectivity index is 1.28. The molecule has 0 N–H and O–H groups in total. The minimum absolute atomic E-state index is 0.191. The van der Waals surface area contributed by atoms with Crippen LogP contribution in [0.1, 0.15) is 71.4 Å². The Bertz CT molecular complexity index is 2200. The van der Waals surface area contributed by atoms with Crippen molar-refractivity contribution in [2.24, 2.45) is 5.92 Å². The van der Waals surface area contributed by atoms with Crippen LogP contribution in [0, 0.1) is 5.92 Å². The standard InChI is InChI=1S/C45H46ClNO3S/c1-6-49-43(48)33-27-31(19-23-38-44(2,3)40-34-15-9-7-13-29(34)17-21-36(40)47(38)25-11-12-26-51)42(46)32(28-33)20-24-39-45(4,5)41-35-16-10-8-14-30(35)18-22-37(41)50-39/h7-10,13-24,33H,6,11-12,25-28H2,1-5H3/p+1/b23-19+,32-20+,39-24+. The fourth-order valence-corrected chi connectivity index (χ4v) is 8.81. The van der Waals surface area contributed by atoms with Crippen molar-refractivity contribution in [1.29, 1.82) is 0 Å². The first-order valence-corrected chi connectivity index (χ1v) is 19.2. The SMILES string of the molecule is CCOC(=O)C1CC(/C=C/C2=[N+](CCCCS)c3ccc4ccccc4c3C2(C)C)=C(Cl)C(=C/C=C2/Oc3ccc4ccccc4c3C2(C)C)/C1. The smallest absolute Gasteiger partial charge is 0.309 e. The van der Waals surface area contributed by atoms with Crippen molar-refractivity contribution in [3.63, 3.8) is 0 Å². The van der Waals surface area contributed by atoms with Crippen molar-refractivity contribution in [2.75, 3.05) is 18.9 Å². The molecule has 2 aliphatic heterocycles. The van der Waals surface area contributed by atoms with E-state index in [1.807, 2.05) is 19.1 Å². The van der Waals surface area contributed by atoms with E-state index in [0.717, 1.165) is 47.8 Å². The monoisotopic (exact) mass is 716 g/mol. The first-order chi connectivity index (χ1) is 24.6. The lowest BCUT2D eigenvalue weighted by Gasteiger charge is -2.25. The van der Waals surface area contributed by atoms with E-state index >= 15 is 0 Å². The lowest BCUT2D eigenvalue weighted by Crippen LogP contribution is -2.28. The van der Waals surface area contributed by atoms with Gasteiger partial charge in [-0.1, -0.05) is 78.4 Å². The Kier molecular flexibility index (Phi) is 9.82. The van der Waals surface area contributed by atoms with Gasteiger partial charge in [0.25, 0.3) is 0 Å². The van der Waals surface area contributed by atoms with Gasteiger partial charge in [0.15, 0.2) is 5.71 Å². The third-order valence-electron chi connectivity index (χ3n) is 10.9. The predicted octanol–water partition coefficient (Wildman–Crippen LogP) is 11.3. The van der Waals surface area contributed by atoms with Crippen LogP contribution in [-0.4, -0.2) is 35.2 Å². The maximum absolute atomic E-state index is 13.3. The zero-order valence-corrected chi connectivity index (χ0v) is 31.9. The Labute approximate surface area is 312 Å². The van der Waals surface area contributed by atoms with Crippen LogP contribution >= 0.6 is 24.2 Å². The number of hydrogen-bond donors (Lipinski definition) is 1. The van der Waals surface area contributed by atoms with Crippen LogP contribution in [0.3, 0.4) is 0 Å². The van der Waals surface area contributed by atoms with Gasteiger partial charge in [-0.15, -0.1) is 0 Å². The summed E-state index contributed by atoms with van der Waals surface area (Å²) in [5, 5.41) is 5.60. The largest absolute Gasteiger partial charge is 0.466 e. The Morgan fingerprint density at radius 2 is 1.57 bits per heavy atom. The summed E-state index contributed by atoms with van der Waals surface area (Å²) in [5.41, 5.74) is 6.26. The molecule has 4 aromatic rings. The lowest BCUT2D eigenvalue weighted by molar-refractivity contribution is -0.438. The summed E-state index contributed by atoms with van der Waals surface area (Å²) in [4.78, 5) is 13.3. The second-order valence-corrected chi connectivity index (χ2v) is 15.7. The Morgan fingerprint density at radius 3 is 2.27 bits per heavy atom. The predicted molar refractivity (Wildman–Crippen MR) is 215 cm³/mol. The van der Waals surface area contributed by atoms with Crippen molar-refractivity contribution in [2.45, 2.75) is 71.1 Å². The summed E-state index contributed by atoms with van der Waals surface area (Å²) in [5.74, 6) is 2.07. The molecular formula is C45H47ClNO3S+. The first kappa shape index (κ1) is 35.3. The maximum Gasteiger partial charge on any atom is 0.309 e. The fraction of sp³-hybridized carbons (Fsp3) is 0.333. The quantitative estimate of drug-likeness (QED) is 0.0811. The molecule has 1 unspecified atom stereocenters. The van der Waals surface area contributed by atoms with Crippen LogP contribution < -0.4 is 4.74 Å². The Hall–Kier alpha value is -4.06. The highest BCUT2D eigenvalue weighted by Crippen LogP contribution is 2.49. The van der Waals surface area contributed by atoms with Crippen LogP contribution in [0.15, 0.2) is 119 Å². The zero-order chi connectivity index (χ0) is 35.9. The number of nitrogens with zero attached hydrogens (tertiary/aromatic N) is 1. The van der Waals surface area contributed by atoms with Gasteiger partial charge in [-0.05, 0) is 111 Å². The van der Waals surface area contributed by atoms with E-state index in [-0.39, 0.29) is 22.7 Å². The van der Waals surface area contributed by atoms with Crippen molar-refractivity contribution < 1.29 is 18.8 Å². The number of unbranched alkanes of at least 4 members (excludes halogenated alkanes) is 1. The zero-order valence-electron chi connectivity index (χ0n) is 30.3. The highest BCUT2D eigenvalue weighted by molar-refractivity contribution is 7.80. The molecule has 0 fully saturated rings. The molecule has 0 aromatic heterocycles. The summed E-state index contributed by atoms with van der Waals surface area (Å²) in [6.07, 6.45) is 11.6. The average molecular weight is 717 g/mol. The normalized spacial score (nSPS) is 20.9. The van der Waals surface area contributed by atoms with Gasteiger partial charge in [-0.3, -0.25) is 4.79 Å². The molecule has 3 aliphatic rings. The topological polar surface area (TPSA) is 38.5 Å². The molecule has 51 heavy (non-hydrogen) atoms. The van der Waals surface area contributed by atoms with Crippen molar-refractivity contribution in [1.82, 2.24) is 0 Å². The number of rotatable bonds is 9. The summed E-state index contributed by atoms with van der Waals surface area (Å²) in [6.45, 7) is 12.1. The highest BCUT2D eigenvalue weighted by atomic mass is 35.5. The summed E-state index contributed by atoms with van der Waals surface area (Å²) in [7, 11) is 0. The molecule has 1 aliphatic carbocycles. The average Bonchev–Trinajstić information content (AvgIpc) is 3.52. The minimum atomic E-state index is -0.346. The summed E-state index contributed by atoms with van der Waals surface area (Å²) >= 11 is 11.8. The molecule has 262 valence electrons. The number of halogens is 1. The number of carbonyl (C=O) groups excluding carboxylic acids is 1. The van der Waals surface area contributed by atoms with Crippen LogP contribution in [0.2, 0.25) is 0 Å². The fourth-order valence-electron chi connectivity index (χ4n) is 8.30. The molecule has 4 aromatic carbocycles. The van der Waals surface area contributed by atoms with Gasteiger partial charge in [0.05, 0.1) is 23.4 Å². The van der Waals surface area contributed by atoms with Crippen LogP contribution in [0.4, 0.5) is 5.69 Å². The summed E-state index contributed by atoms with van der Waals surface area (Å²) in [6, 6.07) is 25.8. The second kappa shape index (κ2) is 14.2. The molecule has 0 amide bonds. The van der Waals surface area contributed by atoms with Gasteiger partial charge >= 0.3 is 5.97 Å². The van der Waals surface area contributed by atoms with Crippen LogP contribution in [0.25, 0.3) is 21.5 Å². The molecule has 0 spiro atoms. The van der Waals surface area contributed by atoms with E-state index < -0.39 is 0 Å². The number of carbonyl (C=O) groups is 1. The third kappa shape index (κ3) is 6.38. The van der Waals surface area contributed by atoms with Crippen molar-refractivity contribution in [3.05, 3.63) is 130 Å².